The topological polar surface area (TPSA) is 69.9 Å². The minimum Gasteiger partial charge on any atom is -0.456 e. The fourth-order valence-corrected chi connectivity index (χ4v) is 4.43. The van der Waals surface area contributed by atoms with Crippen LogP contribution in [0.3, 0.4) is 0 Å². The summed E-state index contributed by atoms with van der Waals surface area (Å²) in [6, 6.07) is 9.60. The first kappa shape index (κ1) is 15.3. The molecule has 0 radical (unpaired) electrons. The minimum absolute atomic E-state index is 0.129. The van der Waals surface area contributed by atoms with Crippen LogP contribution >= 0.6 is 34.3 Å². The van der Waals surface area contributed by atoms with Crippen LogP contribution in [-0.4, -0.2) is 26.2 Å². The maximum Gasteiger partial charge on any atom is 0.350 e. The molecule has 4 aromatic rings. The summed E-state index contributed by atoms with van der Waals surface area (Å²) in [7, 11) is 0. The van der Waals surface area contributed by atoms with Gasteiger partial charge in [0.25, 0.3) is 0 Å². The number of ether oxygens (including phenoxy) is 1. The van der Waals surface area contributed by atoms with Crippen molar-refractivity contribution < 1.29 is 9.53 Å². The van der Waals surface area contributed by atoms with Crippen LogP contribution in [0, 0.1) is 0 Å². The predicted molar refractivity (Wildman–Crippen MR) is 93.0 cm³/mol. The summed E-state index contributed by atoms with van der Waals surface area (Å²) < 4.78 is 7.94. The van der Waals surface area contributed by atoms with Crippen molar-refractivity contribution in [3.63, 3.8) is 0 Å². The molecule has 24 heavy (non-hydrogen) atoms. The number of tetrazole rings is 1. The van der Waals surface area contributed by atoms with E-state index in [1.807, 2.05) is 24.3 Å². The molecule has 0 saturated heterocycles. The molecule has 4 rings (SSSR count). The van der Waals surface area contributed by atoms with Gasteiger partial charge in [0, 0.05) is 10.1 Å². The van der Waals surface area contributed by atoms with E-state index in [-0.39, 0.29) is 6.61 Å². The molecule has 0 spiro atoms. The number of hydrogen-bond acceptors (Lipinski definition) is 7. The van der Waals surface area contributed by atoms with Gasteiger partial charge in [-0.3, -0.25) is 0 Å². The Bertz CT molecular complexity index is 1010. The molecule has 0 bridgehead atoms. The second kappa shape index (κ2) is 6.31. The van der Waals surface area contributed by atoms with Crippen molar-refractivity contribution in [2.24, 2.45) is 0 Å². The lowest BCUT2D eigenvalue weighted by molar-refractivity contribution is 0.0482. The van der Waals surface area contributed by atoms with Crippen molar-refractivity contribution in [2.45, 2.75) is 6.61 Å². The van der Waals surface area contributed by atoms with Crippen molar-refractivity contribution in [3.05, 3.63) is 56.8 Å². The smallest absolute Gasteiger partial charge is 0.350 e. The summed E-state index contributed by atoms with van der Waals surface area (Å²) in [6.45, 7) is 0.129. The predicted octanol–water partition coefficient (Wildman–Crippen LogP) is 3.95. The van der Waals surface area contributed by atoms with Crippen molar-refractivity contribution in [3.8, 4) is 5.69 Å². The number of aromatic nitrogens is 4. The molecule has 9 heteroatoms. The van der Waals surface area contributed by atoms with Gasteiger partial charge < -0.3 is 4.74 Å². The van der Waals surface area contributed by atoms with Gasteiger partial charge in [0.1, 0.15) is 17.8 Å². The fraction of sp³-hybridized carbons (Fsp3) is 0.0667. The molecule has 120 valence electrons. The monoisotopic (exact) mass is 376 g/mol. The zero-order valence-corrected chi connectivity index (χ0v) is 14.4. The Kier molecular flexibility index (Phi) is 4.01. The van der Waals surface area contributed by atoms with E-state index in [2.05, 4.69) is 15.5 Å². The number of rotatable bonds is 4. The van der Waals surface area contributed by atoms with Crippen LogP contribution in [0.1, 0.15) is 14.5 Å². The van der Waals surface area contributed by atoms with Gasteiger partial charge in [-0.15, -0.1) is 27.8 Å². The summed E-state index contributed by atoms with van der Waals surface area (Å²) >= 11 is 9.17. The molecule has 0 N–H and O–H groups in total. The first-order valence-corrected chi connectivity index (χ1v) is 8.95. The normalized spacial score (nSPS) is 11.0. The van der Waals surface area contributed by atoms with E-state index in [4.69, 9.17) is 16.3 Å². The van der Waals surface area contributed by atoms with Crippen LogP contribution in [0.5, 0.6) is 0 Å². The van der Waals surface area contributed by atoms with Gasteiger partial charge >= 0.3 is 5.97 Å². The van der Waals surface area contributed by atoms with E-state index in [9.17, 15) is 4.79 Å². The molecular weight excluding hydrogens is 368 g/mol. The van der Waals surface area contributed by atoms with Gasteiger partial charge in [0.05, 0.1) is 15.6 Å². The molecule has 3 aromatic heterocycles. The lowest BCUT2D eigenvalue weighted by Gasteiger charge is -2.04. The Balaban J connectivity index is 1.55. The standard InChI is InChI=1S/C15H9ClN4O2S2/c16-13-9-3-1-2-4-11(9)24-12(13)7-22-15(21)14-10(5-6-23-14)20-8-17-18-19-20/h1-6,8H,7H2. The summed E-state index contributed by atoms with van der Waals surface area (Å²) in [5.74, 6) is -0.427. The highest BCUT2D eigenvalue weighted by Crippen LogP contribution is 2.35. The number of thiophene rings is 2. The highest BCUT2D eigenvalue weighted by molar-refractivity contribution is 7.19. The molecular formula is C15H9ClN4O2S2. The number of fused-ring (bicyclic) bond motifs is 1. The maximum absolute atomic E-state index is 12.4. The molecule has 0 aliphatic rings. The van der Waals surface area contributed by atoms with Gasteiger partial charge in [0.2, 0.25) is 0 Å². The highest BCUT2D eigenvalue weighted by atomic mass is 35.5. The van der Waals surface area contributed by atoms with E-state index in [1.165, 1.54) is 33.7 Å². The van der Waals surface area contributed by atoms with E-state index in [1.54, 1.807) is 11.4 Å². The van der Waals surface area contributed by atoms with E-state index >= 15 is 0 Å². The van der Waals surface area contributed by atoms with Gasteiger partial charge in [-0.05, 0) is 27.9 Å². The van der Waals surface area contributed by atoms with Crippen LogP contribution in [0.15, 0.2) is 42.0 Å². The van der Waals surface area contributed by atoms with Gasteiger partial charge in [-0.25, -0.2) is 4.79 Å². The largest absolute Gasteiger partial charge is 0.456 e. The lowest BCUT2D eigenvalue weighted by Crippen LogP contribution is -2.07. The number of nitrogens with zero attached hydrogens (tertiary/aromatic N) is 4. The molecule has 0 saturated carbocycles. The number of hydrogen-bond donors (Lipinski definition) is 0. The summed E-state index contributed by atoms with van der Waals surface area (Å²) in [5.41, 5.74) is 0.595. The number of esters is 1. The average molecular weight is 377 g/mol. The zero-order valence-electron chi connectivity index (χ0n) is 12.0. The molecule has 0 unspecified atom stereocenters. The van der Waals surface area contributed by atoms with Crippen molar-refractivity contribution in [2.75, 3.05) is 0 Å². The molecule has 6 nitrogen and oxygen atoms in total. The maximum atomic E-state index is 12.4. The minimum atomic E-state index is -0.427. The SMILES string of the molecule is O=C(OCc1sc2ccccc2c1Cl)c1sccc1-n1cnnn1. The quantitative estimate of drug-likeness (QED) is 0.504. The molecule has 0 aliphatic heterocycles. The second-order valence-electron chi connectivity index (χ2n) is 4.80. The van der Waals surface area contributed by atoms with E-state index in [0.717, 1.165) is 15.0 Å². The second-order valence-corrected chi connectivity index (χ2v) is 7.23. The summed E-state index contributed by atoms with van der Waals surface area (Å²) in [4.78, 5) is 13.7. The van der Waals surface area contributed by atoms with Crippen molar-refractivity contribution in [1.29, 1.82) is 0 Å². The summed E-state index contributed by atoms with van der Waals surface area (Å²) in [5, 5.41) is 14.4. The van der Waals surface area contributed by atoms with Crippen LogP contribution in [0.2, 0.25) is 5.02 Å². The van der Waals surface area contributed by atoms with Gasteiger partial charge in [-0.1, -0.05) is 29.8 Å². The lowest BCUT2D eigenvalue weighted by atomic mass is 10.2. The first-order valence-electron chi connectivity index (χ1n) is 6.88. The molecule has 1 aromatic carbocycles. The molecule has 0 amide bonds. The van der Waals surface area contributed by atoms with Crippen LogP contribution in [0.25, 0.3) is 15.8 Å². The molecule has 3 heterocycles. The Morgan fingerprint density at radius 1 is 1.29 bits per heavy atom. The molecule has 0 atom stereocenters. The summed E-state index contributed by atoms with van der Waals surface area (Å²) in [6.07, 6.45) is 1.43. The zero-order chi connectivity index (χ0) is 16.5. The van der Waals surface area contributed by atoms with Gasteiger partial charge in [-0.2, -0.15) is 4.68 Å². The number of carbonyl (C=O) groups excluding carboxylic acids is 1. The third kappa shape index (κ3) is 2.68. The first-order chi connectivity index (χ1) is 11.7. The average Bonchev–Trinajstić information content (AvgIpc) is 3.33. The van der Waals surface area contributed by atoms with E-state index < -0.39 is 5.97 Å². The molecule has 0 fully saturated rings. The third-order valence-electron chi connectivity index (χ3n) is 3.36. The number of halogens is 1. The van der Waals surface area contributed by atoms with Crippen LogP contribution in [-0.2, 0) is 11.3 Å². The van der Waals surface area contributed by atoms with Crippen LogP contribution < -0.4 is 0 Å². The Morgan fingerprint density at radius 3 is 2.96 bits per heavy atom. The van der Waals surface area contributed by atoms with Crippen molar-refractivity contribution >= 4 is 50.3 Å². The Labute approximate surface area is 149 Å². The van der Waals surface area contributed by atoms with Gasteiger partial charge in [0.15, 0.2) is 0 Å². The van der Waals surface area contributed by atoms with E-state index in [0.29, 0.717) is 15.6 Å². The highest BCUT2D eigenvalue weighted by Gasteiger charge is 2.18. The molecule has 0 aliphatic carbocycles. The third-order valence-corrected chi connectivity index (χ3v) is 5.93. The van der Waals surface area contributed by atoms with Crippen molar-refractivity contribution in [1.82, 2.24) is 20.2 Å². The Hall–Kier alpha value is -2.29. The number of carbonyl (C=O) groups is 1. The number of benzene rings is 1. The Morgan fingerprint density at radius 2 is 2.17 bits per heavy atom. The van der Waals surface area contributed by atoms with Crippen LogP contribution in [0.4, 0.5) is 0 Å². The fourth-order valence-electron chi connectivity index (χ4n) is 2.26.